The molecule has 1 aromatic rings. The van der Waals surface area contributed by atoms with Crippen molar-refractivity contribution >= 4 is 27.5 Å². The number of aromatic amines is 1. The average molecular weight is 334 g/mol. The monoisotopic (exact) mass is 333 g/mol. The van der Waals surface area contributed by atoms with Gasteiger partial charge in [-0.2, -0.15) is 4.31 Å². The third-order valence-corrected chi connectivity index (χ3v) is 5.59. The van der Waals surface area contributed by atoms with E-state index in [-0.39, 0.29) is 28.3 Å². The smallest absolute Gasteiger partial charge is 0.266 e. The van der Waals surface area contributed by atoms with Gasteiger partial charge in [0, 0.05) is 26.3 Å². The van der Waals surface area contributed by atoms with Gasteiger partial charge < -0.3 is 10.3 Å². The maximum absolute atomic E-state index is 12.5. The van der Waals surface area contributed by atoms with Crippen LogP contribution in [-0.4, -0.2) is 43.8 Å². The van der Waals surface area contributed by atoms with Gasteiger partial charge >= 0.3 is 0 Å². The summed E-state index contributed by atoms with van der Waals surface area (Å²) in [5.41, 5.74) is -0.544. The first-order valence-electron chi connectivity index (χ1n) is 6.46. The van der Waals surface area contributed by atoms with E-state index in [1.165, 1.54) is 11.4 Å². The summed E-state index contributed by atoms with van der Waals surface area (Å²) >= 11 is 5.67. The number of sulfonamides is 1. The SMILES string of the molecule is CNC(=O)C1CCCN(S(=O)(=O)c2c[nH]c(=O)c(Cl)c2)C1. The average Bonchev–Trinajstić information content (AvgIpc) is 2.49. The summed E-state index contributed by atoms with van der Waals surface area (Å²) in [7, 11) is -2.25. The second-order valence-electron chi connectivity index (χ2n) is 4.83. The van der Waals surface area contributed by atoms with Crippen LogP contribution in [0.15, 0.2) is 22.0 Å². The fourth-order valence-electron chi connectivity index (χ4n) is 2.31. The van der Waals surface area contributed by atoms with Crippen molar-refractivity contribution in [2.24, 2.45) is 5.92 Å². The number of hydrogen-bond acceptors (Lipinski definition) is 4. The Bertz CT molecular complexity index is 701. The third-order valence-electron chi connectivity index (χ3n) is 3.47. The van der Waals surface area contributed by atoms with Gasteiger partial charge in [-0.15, -0.1) is 0 Å². The zero-order chi connectivity index (χ0) is 15.6. The standard InChI is InChI=1S/C12H16ClN3O4S/c1-14-11(17)8-3-2-4-16(7-8)21(19,20)9-5-10(13)12(18)15-6-9/h5-6,8H,2-4,7H2,1H3,(H,14,17)(H,15,18). The predicted octanol–water partition coefficient (Wildman–Crippen LogP) is 0.175. The van der Waals surface area contributed by atoms with Gasteiger partial charge in [-0.05, 0) is 18.9 Å². The number of carbonyl (C=O) groups excluding carboxylic acids is 1. The van der Waals surface area contributed by atoms with Crippen molar-refractivity contribution in [1.82, 2.24) is 14.6 Å². The van der Waals surface area contributed by atoms with Crippen molar-refractivity contribution in [3.63, 3.8) is 0 Å². The highest BCUT2D eigenvalue weighted by atomic mass is 35.5. The summed E-state index contributed by atoms with van der Waals surface area (Å²) < 4.78 is 26.3. The number of rotatable bonds is 3. The molecule has 2 rings (SSSR count). The maximum Gasteiger partial charge on any atom is 0.266 e. The second kappa shape index (κ2) is 6.17. The van der Waals surface area contributed by atoms with Gasteiger partial charge in [0.15, 0.2) is 0 Å². The van der Waals surface area contributed by atoms with E-state index in [1.807, 2.05) is 0 Å². The number of H-pyrrole nitrogens is 1. The van der Waals surface area contributed by atoms with Gasteiger partial charge in [0.25, 0.3) is 5.56 Å². The van der Waals surface area contributed by atoms with E-state index >= 15 is 0 Å². The lowest BCUT2D eigenvalue weighted by Crippen LogP contribution is -2.44. The highest BCUT2D eigenvalue weighted by Crippen LogP contribution is 2.24. The van der Waals surface area contributed by atoms with E-state index in [4.69, 9.17) is 11.6 Å². The van der Waals surface area contributed by atoms with Crippen molar-refractivity contribution < 1.29 is 13.2 Å². The molecule has 1 unspecified atom stereocenters. The Kier molecular flexibility index (Phi) is 4.70. The Morgan fingerprint density at radius 1 is 1.52 bits per heavy atom. The van der Waals surface area contributed by atoms with Gasteiger partial charge in [-0.1, -0.05) is 11.6 Å². The first-order valence-corrected chi connectivity index (χ1v) is 8.28. The van der Waals surface area contributed by atoms with Gasteiger partial charge in [0.1, 0.15) is 5.02 Å². The molecule has 0 saturated carbocycles. The Morgan fingerprint density at radius 3 is 2.86 bits per heavy atom. The van der Waals surface area contributed by atoms with Crippen LogP contribution in [0.25, 0.3) is 0 Å². The number of aromatic nitrogens is 1. The first kappa shape index (κ1) is 16.0. The lowest BCUT2D eigenvalue weighted by Gasteiger charge is -2.30. The molecule has 2 N–H and O–H groups in total. The van der Waals surface area contributed by atoms with E-state index < -0.39 is 15.6 Å². The van der Waals surface area contributed by atoms with Gasteiger partial charge in [-0.3, -0.25) is 9.59 Å². The third kappa shape index (κ3) is 3.28. The number of amides is 1. The van der Waals surface area contributed by atoms with Crippen LogP contribution in [0.2, 0.25) is 5.02 Å². The van der Waals surface area contributed by atoms with Gasteiger partial charge in [-0.25, -0.2) is 8.42 Å². The van der Waals surface area contributed by atoms with Crippen LogP contribution in [0.3, 0.4) is 0 Å². The number of pyridine rings is 1. The van der Waals surface area contributed by atoms with E-state index in [0.717, 1.165) is 12.3 Å². The summed E-state index contributed by atoms with van der Waals surface area (Å²) in [4.78, 5) is 25.1. The first-order chi connectivity index (χ1) is 9.86. The number of carbonyl (C=O) groups is 1. The fraction of sp³-hybridized carbons (Fsp3) is 0.500. The van der Waals surface area contributed by atoms with Crippen LogP contribution in [0.4, 0.5) is 0 Å². The molecule has 0 bridgehead atoms. The van der Waals surface area contributed by atoms with Crippen molar-refractivity contribution in [2.75, 3.05) is 20.1 Å². The van der Waals surface area contributed by atoms with Crippen molar-refractivity contribution in [2.45, 2.75) is 17.7 Å². The molecule has 1 atom stereocenters. The quantitative estimate of drug-likeness (QED) is 0.824. The van der Waals surface area contributed by atoms with Crippen molar-refractivity contribution in [3.8, 4) is 0 Å². The molecular weight excluding hydrogens is 318 g/mol. The summed E-state index contributed by atoms with van der Waals surface area (Å²) in [5.74, 6) is -0.536. The molecule has 1 fully saturated rings. The van der Waals surface area contributed by atoms with Crippen LogP contribution < -0.4 is 10.9 Å². The Morgan fingerprint density at radius 2 is 2.24 bits per heavy atom. The van der Waals surface area contributed by atoms with Gasteiger partial charge in [0.2, 0.25) is 15.9 Å². The molecule has 1 saturated heterocycles. The maximum atomic E-state index is 12.5. The minimum absolute atomic E-state index is 0.0790. The molecule has 1 aromatic heterocycles. The zero-order valence-electron chi connectivity index (χ0n) is 11.4. The van der Waals surface area contributed by atoms with Crippen molar-refractivity contribution in [1.29, 1.82) is 0 Å². The summed E-state index contributed by atoms with van der Waals surface area (Å²) in [6.07, 6.45) is 2.37. The van der Waals surface area contributed by atoms with Crippen molar-refractivity contribution in [3.05, 3.63) is 27.6 Å². The molecule has 1 amide bonds. The second-order valence-corrected chi connectivity index (χ2v) is 7.17. The number of nitrogens with one attached hydrogen (secondary N) is 2. The van der Waals surface area contributed by atoms with E-state index in [0.29, 0.717) is 19.4 Å². The molecule has 0 aliphatic carbocycles. The highest BCUT2D eigenvalue weighted by Gasteiger charge is 2.33. The Hall–Kier alpha value is -1.38. The molecule has 0 radical (unpaired) electrons. The van der Waals surface area contributed by atoms with Gasteiger partial charge in [0.05, 0.1) is 10.8 Å². The van der Waals surface area contributed by atoms with Crippen LogP contribution in [0.5, 0.6) is 0 Å². The normalized spacial score (nSPS) is 20.2. The largest absolute Gasteiger partial charge is 0.359 e. The minimum Gasteiger partial charge on any atom is -0.359 e. The summed E-state index contributed by atoms with van der Waals surface area (Å²) in [5, 5.41) is 2.35. The molecule has 0 aromatic carbocycles. The van der Waals surface area contributed by atoms with E-state index in [1.54, 1.807) is 0 Å². The van der Waals surface area contributed by atoms with E-state index in [2.05, 4.69) is 10.3 Å². The summed E-state index contributed by atoms with van der Waals surface area (Å²) in [6, 6.07) is 1.12. The number of hydrogen-bond donors (Lipinski definition) is 2. The molecular formula is C12H16ClN3O4S. The predicted molar refractivity (Wildman–Crippen MR) is 77.6 cm³/mol. The Labute approximate surface area is 127 Å². The lowest BCUT2D eigenvalue weighted by molar-refractivity contribution is -0.125. The molecule has 2 heterocycles. The summed E-state index contributed by atoms with van der Waals surface area (Å²) in [6.45, 7) is 0.464. The fourth-order valence-corrected chi connectivity index (χ4v) is 4.07. The number of nitrogens with zero attached hydrogens (tertiary/aromatic N) is 1. The lowest BCUT2D eigenvalue weighted by atomic mass is 9.99. The Balaban J connectivity index is 2.28. The number of piperidine rings is 1. The molecule has 21 heavy (non-hydrogen) atoms. The topological polar surface area (TPSA) is 99.3 Å². The molecule has 1 aliphatic heterocycles. The molecule has 116 valence electrons. The van der Waals surface area contributed by atoms with Crippen LogP contribution >= 0.6 is 11.6 Å². The number of halogens is 1. The molecule has 7 nitrogen and oxygen atoms in total. The van der Waals surface area contributed by atoms with Crippen LogP contribution in [0.1, 0.15) is 12.8 Å². The molecule has 9 heteroatoms. The van der Waals surface area contributed by atoms with Crippen LogP contribution in [0, 0.1) is 5.92 Å². The highest BCUT2D eigenvalue weighted by molar-refractivity contribution is 7.89. The molecule has 1 aliphatic rings. The minimum atomic E-state index is -3.78. The molecule has 0 spiro atoms. The van der Waals surface area contributed by atoms with E-state index in [9.17, 15) is 18.0 Å². The zero-order valence-corrected chi connectivity index (χ0v) is 13.0. The van der Waals surface area contributed by atoms with Crippen LogP contribution in [-0.2, 0) is 14.8 Å².